The summed E-state index contributed by atoms with van der Waals surface area (Å²) in [5, 5.41) is 26.3. The van der Waals surface area contributed by atoms with E-state index in [2.05, 4.69) is 10.4 Å². The van der Waals surface area contributed by atoms with Gasteiger partial charge in [-0.3, -0.25) is 4.79 Å². The Labute approximate surface area is 133 Å². The van der Waals surface area contributed by atoms with Gasteiger partial charge < -0.3 is 15.5 Å². The Hall–Kier alpha value is -2.41. The van der Waals surface area contributed by atoms with E-state index in [1.165, 1.54) is 35.1 Å². The maximum absolute atomic E-state index is 12.9. The summed E-state index contributed by atoms with van der Waals surface area (Å²) in [5.41, 5.74) is -0.0195. The van der Waals surface area contributed by atoms with Crippen molar-refractivity contribution in [2.45, 2.75) is 26.9 Å². The van der Waals surface area contributed by atoms with Crippen molar-refractivity contribution in [1.82, 2.24) is 15.1 Å². The molecule has 0 spiro atoms. The quantitative estimate of drug-likeness (QED) is 0.802. The smallest absolute Gasteiger partial charge is 0.275 e. The number of nitrogens with zero attached hydrogens (tertiary/aromatic N) is 2. The van der Waals surface area contributed by atoms with Gasteiger partial charge in [0.05, 0.1) is 18.0 Å². The second-order valence-corrected chi connectivity index (χ2v) is 6.38. The van der Waals surface area contributed by atoms with E-state index in [4.69, 9.17) is 0 Å². The molecule has 1 amide bonds. The number of benzene rings is 1. The molecule has 0 fully saturated rings. The summed E-state index contributed by atoms with van der Waals surface area (Å²) >= 11 is 0. The molecule has 1 aromatic heterocycles. The largest absolute Gasteiger partial charge is 0.504 e. The van der Waals surface area contributed by atoms with E-state index < -0.39 is 12.0 Å². The number of nitrogens with one attached hydrogen (secondary N) is 1. The van der Waals surface area contributed by atoms with Crippen LogP contribution in [0.3, 0.4) is 0 Å². The summed E-state index contributed by atoms with van der Waals surface area (Å²) in [6.07, 6.45) is 0.537. The van der Waals surface area contributed by atoms with Gasteiger partial charge in [0.25, 0.3) is 5.91 Å². The van der Waals surface area contributed by atoms with Crippen LogP contribution in [-0.2, 0) is 0 Å². The highest BCUT2D eigenvalue weighted by molar-refractivity contribution is 5.94. The van der Waals surface area contributed by atoms with Gasteiger partial charge in [-0.15, -0.1) is 0 Å². The molecule has 124 valence electrons. The van der Waals surface area contributed by atoms with E-state index in [1.807, 2.05) is 20.8 Å². The number of carbonyl (C=O) groups is 1. The average molecular weight is 321 g/mol. The van der Waals surface area contributed by atoms with Crippen molar-refractivity contribution in [3.8, 4) is 11.4 Å². The Balaban J connectivity index is 2.11. The van der Waals surface area contributed by atoms with Crippen molar-refractivity contribution in [2.24, 2.45) is 5.41 Å². The number of aliphatic hydroxyl groups is 1. The van der Waals surface area contributed by atoms with Crippen LogP contribution in [0.15, 0.2) is 30.5 Å². The monoisotopic (exact) mass is 321 g/mol. The average Bonchev–Trinajstić information content (AvgIpc) is 2.86. The zero-order valence-corrected chi connectivity index (χ0v) is 13.2. The molecule has 1 atom stereocenters. The summed E-state index contributed by atoms with van der Waals surface area (Å²) in [7, 11) is 0. The molecule has 0 aliphatic carbocycles. The molecule has 2 aromatic rings. The van der Waals surface area contributed by atoms with Crippen LogP contribution in [0.2, 0.25) is 0 Å². The number of aromatic hydroxyl groups is 1. The molecule has 1 heterocycles. The summed E-state index contributed by atoms with van der Waals surface area (Å²) in [5.74, 6) is -1.28. The van der Waals surface area contributed by atoms with Gasteiger partial charge in [0.1, 0.15) is 5.82 Å². The number of amides is 1. The molecular formula is C16H20FN3O3. The van der Waals surface area contributed by atoms with Gasteiger partial charge in [0, 0.05) is 6.54 Å². The summed E-state index contributed by atoms with van der Waals surface area (Å²) in [6, 6.07) is 5.47. The highest BCUT2D eigenvalue weighted by Crippen LogP contribution is 2.20. The molecule has 1 aromatic carbocycles. The number of carbonyl (C=O) groups excluding carboxylic acids is 1. The molecular weight excluding hydrogens is 301 g/mol. The molecule has 3 N–H and O–H groups in total. The highest BCUT2D eigenvalue weighted by atomic mass is 19.1. The number of hydrogen-bond donors (Lipinski definition) is 3. The van der Waals surface area contributed by atoms with E-state index in [-0.39, 0.29) is 29.2 Å². The minimum absolute atomic E-state index is 0.0468. The maximum atomic E-state index is 12.9. The van der Waals surface area contributed by atoms with Gasteiger partial charge in [-0.25, -0.2) is 9.07 Å². The lowest BCUT2D eigenvalue weighted by atomic mass is 9.89. The fourth-order valence-corrected chi connectivity index (χ4v) is 1.83. The maximum Gasteiger partial charge on any atom is 0.275 e. The second-order valence-electron chi connectivity index (χ2n) is 6.38. The Morgan fingerprint density at radius 2 is 1.96 bits per heavy atom. The molecule has 6 nitrogen and oxygen atoms in total. The van der Waals surface area contributed by atoms with Crippen molar-refractivity contribution in [1.29, 1.82) is 0 Å². The zero-order chi connectivity index (χ0) is 17.2. The van der Waals surface area contributed by atoms with Gasteiger partial charge >= 0.3 is 0 Å². The van der Waals surface area contributed by atoms with Crippen LogP contribution in [0.4, 0.5) is 4.39 Å². The molecule has 0 aliphatic rings. The number of halogens is 1. The van der Waals surface area contributed by atoms with E-state index in [1.54, 1.807) is 0 Å². The molecule has 0 saturated carbocycles. The predicted molar refractivity (Wildman–Crippen MR) is 83.0 cm³/mol. The Morgan fingerprint density at radius 1 is 1.35 bits per heavy atom. The lowest BCUT2D eigenvalue weighted by Crippen LogP contribution is -2.39. The van der Waals surface area contributed by atoms with Crippen LogP contribution in [0, 0.1) is 11.2 Å². The fourth-order valence-electron chi connectivity index (χ4n) is 1.83. The standard InChI is InChI=1S/C16H20FN3O3/c1-16(2,3)13(22)8-18-15(23)14-12(21)9-20(19-14)11-6-4-10(17)5-7-11/h4-7,9,13,21-22H,8H2,1-3H3,(H,18,23). The van der Waals surface area contributed by atoms with Gasteiger partial charge in [-0.05, 0) is 29.7 Å². The minimum Gasteiger partial charge on any atom is -0.504 e. The number of hydrogen-bond acceptors (Lipinski definition) is 4. The Kier molecular flexibility index (Phi) is 4.70. The van der Waals surface area contributed by atoms with Crippen LogP contribution < -0.4 is 5.32 Å². The number of aromatic nitrogens is 2. The highest BCUT2D eigenvalue weighted by Gasteiger charge is 2.24. The molecule has 0 radical (unpaired) electrons. The first-order valence-corrected chi connectivity index (χ1v) is 7.19. The van der Waals surface area contributed by atoms with Crippen LogP contribution in [0.5, 0.6) is 5.75 Å². The molecule has 23 heavy (non-hydrogen) atoms. The third-order valence-electron chi connectivity index (χ3n) is 3.46. The van der Waals surface area contributed by atoms with Crippen LogP contribution in [0.25, 0.3) is 5.69 Å². The van der Waals surface area contributed by atoms with E-state index in [9.17, 15) is 19.4 Å². The van der Waals surface area contributed by atoms with Crippen LogP contribution in [-0.4, -0.2) is 38.5 Å². The zero-order valence-electron chi connectivity index (χ0n) is 13.2. The van der Waals surface area contributed by atoms with Crippen molar-refractivity contribution >= 4 is 5.91 Å². The second kappa shape index (κ2) is 6.37. The van der Waals surface area contributed by atoms with Gasteiger partial charge in [0.2, 0.25) is 0 Å². The fraction of sp³-hybridized carbons (Fsp3) is 0.375. The van der Waals surface area contributed by atoms with Crippen molar-refractivity contribution in [2.75, 3.05) is 6.54 Å². The topological polar surface area (TPSA) is 87.4 Å². The molecule has 0 bridgehead atoms. The lowest BCUT2D eigenvalue weighted by molar-refractivity contribution is 0.0584. The Morgan fingerprint density at radius 3 is 2.52 bits per heavy atom. The Bertz CT molecular complexity index is 690. The first kappa shape index (κ1) is 17.0. The molecule has 0 aliphatic heterocycles. The molecule has 2 rings (SSSR count). The normalized spacial score (nSPS) is 12.9. The first-order valence-electron chi connectivity index (χ1n) is 7.19. The predicted octanol–water partition coefficient (Wildman–Crippen LogP) is 1.85. The number of aliphatic hydroxyl groups excluding tert-OH is 1. The van der Waals surface area contributed by atoms with Crippen molar-refractivity contribution < 1.29 is 19.4 Å². The third-order valence-corrected chi connectivity index (χ3v) is 3.46. The van der Waals surface area contributed by atoms with Crippen molar-refractivity contribution in [3.63, 3.8) is 0 Å². The molecule has 0 saturated heterocycles. The van der Waals surface area contributed by atoms with Gasteiger partial charge in [0.15, 0.2) is 11.4 Å². The molecule has 7 heteroatoms. The SMILES string of the molecule is CC(C)(C)C(O)CNC(=O)c1nn(-c2ccc(F)cc2)cc1O. The first-order chi connectivity index (χ1) is 10.7. The van der Waals surface area contributed by atoms with Gasteiger partial charge in [-0.2, -0.15) is 5.10 Å². The molecule has 1 unspecified atom stereocenters. The summed E-state index contributed by atoms with van der Waals surface area (Å²) in [6.45, 7) is 5.60. The van der Waals surface area contributed by atoms with Crippen LogP contribution >= 0.6 is 0 Å². The summed E-state index contributed by atoms with van der Waals surface area (Å²) in [4.78, 5) is 12.1. The van der Waals surface area contributed by atoms with E-state index in [0.717, 1.165) is 0 Å². The number of rotatable bonds is 4. The van der Waals surface area contributed by atoms with Gasteiger partial charge in [-0.1, -0.05) is 20.8 Å². The lowest BCUT2D eigenvalue weighted by Gasteiger charge is -2.25. The minimum atomic E-state index is -0.729. The van der Waals surface area contributed by atoms with Crippen molar-refractivity contribution in [3.05, 3.63) is 42.0 Å². The third kappa shape index (κ3) is 4.07. The summed E-state index contributed by atoms with van der Waals surface area (Å²) < 4.78 is 14.2. The van der Waals surface area contributed by atoms with Crippen LogP contribution in [0.1, 0.15) is 31.3 Å². The van der Waals surface area contributed by atoms with E-state index >= 15 is 0 Å². The van der Waals surface area contributed by atoms with E-state index in [0.29, 0.717) is 5.69 Å².